The molecule has 1 aliphatic rings. The first-order valence-electron chi connectivity index (χ1n) is 15.7. The fourth-order valence-corrected chi connectivity index (χ4v) is 5.48. The van der Waals surface area contributed by atoms with Gasteiger partial charge in [-0.3, -0.25) is 0 Å². The van der Waals surface area contributed by atoms with Crippen LogP contribution >= 0.6 is 0 Å². The van der Waals surface area contributed by atoms with Crippen molar-refractivity contribution in [2.24, 2.45) is 0 Å². The maximum Gasteiger partial charge on any atom is 0.343 e. The fraction of sp³-hybridized carbons (Fsp3) is 0.171. The number of aromatic hydroxyl groups is 11. The van der Waals surface area contributed by atoms with E-state index in [1.165, 1.54) is 0 Å². The third-order valence-corrected chi connectivity index (χ3v) is 8.38. The van der Waals surface area contributed by atoms with E-state index in [1.54, 1.807) is 0 Å². The highest BCUT2D eigenvalue weighted by molar-refractivity contribution is 5.95. The normalized spacial score (nSPS) is 18.9. The molecular weight excluding hydrogens is 772 g/mol. The molecule has 0 aliphatic heterocycles. The van der Waals surface area contributed by atoms with Crippen molar-refractivity contribution >= 4 is 29.8 Å². The zero-order valence-corrected chi connectivity index (χ0v) is 28.3. The second-order valence-electron chi connectivity index (χ2n) is 12.3. The Morgan fingerprint density at radius 1 is 0.456 bits per heavy atom. The predicted octanol–water partition coefficient (Wildman–Crippen LogP) is 1.25. The lowest BCUT2D eigenvalue weighted by atomic mass is 9.79. The summed E-state index contributed by atoms with van der Waals surface area (Å²) in [4.78, 5) is 65.2. The van der Waals surface area contributed by atoms with Crippen LogP contribution in [0.1, 0.15) is 54.3 Å². The standard InChI is InChI=1S/C35H28O22/c36-15-1-11(2-16(37)25(15)43)30(47)54-22-8-14(7-21(42)28(22)46)33(50)57-29-23(55-31(48)12-3-17(38)26(44)18(39)4-12)9-35(53,34(51)52)10-24(29)56-32(49)13-5-19(40)27(45)20(41)6-13/h1-8,23-24,29,36-46,53H,9-10H2,(H,51,52). The van der Waals surface area contributed by atoms with E-state index < -0.39 is 158 Å². The summed E-state index contributed by atoms with van der Waals surface area (Å²) in [5.41, 5.74) is -5.70. The highest BCUT2D eigenvalue weighted by Gasteiger charge is 2.55. The van der Waals surface area contributed by atoms with E-state index in [9.17, 15) is 90.4 Å². The van der Waals surface area contributed by atoms with Gasteiger partial charge in [0.1, 0.15) is 12.2 Å². The molecule has 300 valence electrons. The van der Waals surface area contributed by atoms with E-state index in [1.807, 2.05) is 0 Å². The molecule has 0 bridgehead atoms. The molecule has 0 radical (unpaired) electrons. The third-order valence-electron chi connectivity index (χ3n) is 8.38. The third kappa shape index (κ3) is 8.09. The molecule has 1 aliphatic carbocycles. The number of carboxylic acids is 1. The second-order valence-corrected chi connectivity index (χ2v) is 12.3. The van der Waals surface area contributed by atoms with Crippen molar-refractivity contribution in [1.29, 1.82) is 0 Å². The van der Waals surface area contributed by atoms with Crippen molar-refractivity contribution in [3.05, 3.63) is 70.8 Å². The number of hydrogen-bond donors (Lipinski definition) is 13. The molecule has 0 heterocycles. The molecule has 4 aromatic carbocycles. The van der Waals surface area contributed by atoms with Gasteiger partial charge < -0.3 is 85.3 Å². The zero-order valence-electron chi connectivity index (χ0n) is 28.3. The number of carboxylic acid groups (broad SMARTS) is 1. The second kappa shape index (κ2) is 15.0. The summed E-state index contributed by atoms with van der Waals surface area (Å²) in [6.45, 7) is 0. The van der Waals surface area contributed by atoms with Gasteiger partial charge in [-0.05, 0) is 48.5 Å². The maximum atomic E-state index is 13.7. The van der Waals surface area contributed by atoms with E-state index in [2.05, 4.69) is 0 Å². The first kappa shape index (κ1) is 40.2. The highest BCUT2D eigenvalue weighted by Crippen LogP contribution is 2.42. The number of benzene rings is 4. The van der Waals surface area contributed by atoms with E-state index in [0.717, 1.165) is 0 Å². The maximum absolute atomic E-state index is 13.7. The minimum atomic E-state index is -2.94. The minimum Gasteiger partial charge on any atom is -0.504 e. The number of phenolic OH excluding ortho intramolecular Hbond substituents is 11. The van der Waals surface area contributed by atoms with Gasteiger partial charge in [0.25, 0.3) is 0 Å². The Morgan fingerprint density at radius 2 is 0.754 bits per heavy atom. The molecule has 0 amide bonds. The molecule has 2 unspecified atom stereocenters. The average Bonchev–Trinajstić information content (AvgIpc) is 3.13. The summed E-state index contributed by atoms with van der Waals surface area (Å²) in [7, 11) is 0. The molecule has 13 N–H and O–H groups in total. The van der Waals surface area contributed by atoms with Gasteiger partial charge in [-0.15, -0.1) is 0 Å². The monoisotopic (exact) mass is 800 g/mol. The number of aliphatic carboxylic acids is 1. The molecule has 0 saturated heterocycles. The molecule has 1 fully saturated rings. The van der Waals surface area contributed by atoms with Gasteiger partial charge in [0.05, 0.1) is 22.3 Å². The lowest BCUT2D eigenvalue weighted by molar-refractivity contribution is -0.188. The number of carbonyl (C=O) groups excluding carboxylic acids is 4. The van der Waals surface area contributed by atoms with Crippen LogP contribution in [0.5, 0.6) is 69.0 Å². The van der Waals surface area contributed by atoms with Gasteiger partial charge in [0.2, 0.25) is 5.75 Å². The van der Waals surface area contributed by atoms with Crippen molar-refractivity contribution in [2.45, 2.75) is 36.8 Å². The first-order chi connectivity index (χ1) is 26.6. The molecule has 57 heavy (non-hydrogen) atoms. The summed E-state index contributed by atoms with van der Waals surface area (Å²) >= 11 is 0. The molecule has 2 atom stereocenters. The van der Waals surface area contributed by atoms with Crippen LogP contribution < -0.4 is 4.74 Å². The van der Waals surface area contributed by atoms with Gasteiger partial charge in [-0.25, -0.2) is 24.0 Å². The van der Waals surface area contributed by atoms with Crippen LogP contribution in [0.3, 0.4) is 0 Å². The minimum absolute atomic E-state index is 0.565. The number of hydrogen-bond acceptors (Lipinski definition) is 21. The summed E-state index contributed by atoms with van der Waals surface area (Å²) in [5, 5.41) is 130. The number of aliphatic hydroxyl groups is 1. The van der Waals surface area contributed by atoms with Crippen LogP contribution in [0.4, 0.5) is 0 Å². The van der Waals surface area contributed by atoms with E-state index in [-0.39, 0.29) is 0 Å². The lowest BCUT2D eigenvalue weighted by Crippen LogP contribution is -2.59. The van der Waals surface area contributed by atoms with Crippen molar-refractivity contribution in [3.63, 3.8) is 0 Å². The first-order valence-corrected chi connectivity index (χ1v) is 15.7. The largest absolute Gasteiger partial charge is 0.504 e. The van der Waals surface area contributed by atoms with Crippen molar-refractivity contribution in [1.82, 2.24) is 0 Å². The number of phenols is 11. The fourth-order valence-electron chi connectivity index (χ4n) is 5.48. The zero-order chi connectivity index (χ0) is 42.3. The van der Waals surface area contributed by atoms with Crippen LogP contribution in [0.15, 0.2) is 48.5 Å². The van der Waals surface area contributed by atoms with Crippen LogP contribution in [0.25, 0.3) is 0 Å². The lowest BCUT2D eigenvalue weighted by Gasteiger charge is -2.42. The van der Waals surface area contributed by atoms with Gasteiger partial charge >= 0.3 is 29.8 Å². The SMILES string of the molecule is O=C(Oc1cc(C(=O)OC2C(OC(=O)c3cc(O)c(O)c(O)c3)CC(O)(C(=O)O)CC2OC(=O)c2cc(O)c(O)c(O)c2)cc(O)c1O)c1cc(O)c(O)c(O)c1. The van der Waals surface area contributed by atoms with E-state index >= 15 is 0 Å². The van der Waals surface area contributed by atoms with Crippen molar-refractivity contribution in [3.8, 4) is 69.0 Å². The number of ether oxygens (including phenoxy) is 4. The Kier molecular flexibility index (Phi) is 10.6. The molecule has 22 heteroatoms. The van der Waals surface area contributed by atoms with Crippen LogP contribution in [0.2, 0.25) is 0 Å². The summed E-state index contributed by atoms with van der Waals surface area (Å²) < 4.78 is 21.1. The molecule has 0 aromatic heterocycles. The van der Waals surface area contributed by atoms with Crippen molar-refractivity contribution in [2.75, 3.05) is 0 Å². The Balaban J connectivity index is 1.54. The Bertz CT molecular complexity index is 2180. The molecule has 22 nitrogen and oxygen atoms in total. The Labute approximate surface area is 315 Å². The molecule has 5 rings (SSSR count). The van der Waals surface area contributed by atoms with Crippen LogP contribution in [-0.2, 0) is 19.0 Å². The topological polar surface area (TPSA) is 385 Å². The Morgan fingerprint density at radius 3 is 1.11 bits per heavy atom. The van der Waals surface area contributed by atoms with Gasteiger partial charge in [0.15, 0.2) is 74.9 Å². The number of rotatable bonds is 9. The van der Waals surface area contributed by atoms with Crippen LogP contribution in [0, 0.1) is 0 Å². The van der Waals surface area contributed by atoms with Crippen LogP contribution in [-0.4, -0.2) is 120 Å². The van der Waals surface area contributed by atoms with Gasteiger partial charge in [-0.2, -0.15) is 0 Å². The van der Waals surface area contributed by atoms with E-state index in [4.69, 9.17) is 18.9 Å². The van der Waals surface area contributed by atoms with Gasteiger partial charge in [0, 0.05) is 12.8 Å². The smallest absolute Gasteiger partial charge is 0.343 e. The molecular formula is C35H28O22. The number of esters is 4. The van der Waals surface area contributed by atoms with Crippen molar-refractivity contribution < 1.29 is 109 Å². The average molecular weight is 801 g/mol. The highest BCUT2D eigenvalue weighted by atomic mass is 16.6. The molecule has 0 spiro atoms. The number of carbonyl (C=O) groups is 5. The summed E-state index contributed by atoms with van der Waals surface area (Å²) in [6.07, 6.45) is -8.65. The quantitative estimate of drug-likeness (QED) is 0.0490. The van der Waals surface area contributed by atoms with Gasteiger partial charge in [-0.1, -0.05) is 0 Å². The predicted molar refractivity (Wildman–Crippen MR) is 178 cm³/mol. The summed E-state index contributed by atoms with van der Waals surface area (Å²) in [6, 6.07) is 4.90. The summed E-state index contributed by atoms with van der Waals surface area (Å²) in [5.74, 6) is -20.3. The Hall–Kier alpha value is -8.01. The molecule has 1 saturated carbocycles. The van der Waals surface area contributed by atoms with E-state index in [0.29, 0.717) is 48.5 Å². The molecule has 4 aromatic rings.